The third-order valence-corrected chi connectivity index (χ3v) is 3.99. The Kier molecular flexibility index (Phi) is 3.98. The van der Waals surface area contributed by atoms with Gasteiger partial charge in [0, 0.05) is 31.6 Å². The molecule has 0 aromatic rings. The minimum atomic E-state index is -0.475. The van der Waals surface area contributed by atoms with Crippen molar-refractivity contribution in [1.82, 2.24) is 9.80 Å². The van der Waals surface area contributed by atoms with Gasteiger partial charge >= 0.3 is 6.09 Å². The number of amides is 2. The molecule has 2 rings (SSSR count). The van der Waals surface area contributed by atoms with Crippen molar-refractivity contribution in [1.29, 1.82) is 0 Å². The number of ether oxygens (including phenoxy) is 1. The van der Waals surface area contributed by atoms with E-state index in [4.69, 9.17) is 4.74 Å². The van der Waals surface area contributed by atoms with E-state index in [1.54, 1.807) is 4.90 Å². The van der Waals surface area contributed by atoms with Gasteiger partial charge in [0.25, 0.3) is 0 Å². The van der Waals surface area contributed by atoms with Crippen molar-refractivity contribution in [3.8, 4) is 0 Å². The Morgan fingerprint density at radius 2 is 1.75 bits per heavy atom. The highest BCUT2D eigenvalue weighted by molar-refractivity contribution is 5.82. The summed E-state index contributed by atoms with van der Waals surface area (Å²) in [5.41, 5.74) is -0.475. The molecule has 5 heteroatoms. The fraction of sp³-hybridized carbons (Fsp3) is 0.867. The van der Waals surface area contributed by atoms with Gasteiger partial charge < -0.3 is 14.5 Å². The lowest BCUT2D eigenvalue weighted by atomic mass is 10.1. The molecule has 1 heterocycles. The minimum Gasteiger partial charge on any atom is -0.444 e. The maximum Gasteiger partial charge on any atom is 0.410 e. The van der Waals surface area contributed by atoms with Crippen molar-refractivity contribution in [2.45, 2.75) is 52.7 Å². The van der Waals surface area contributed by atoms with Crippen LogP contribution in [0.1, 0.15) is 41.0 Å². The van der Waals surface area contributed by atoms with Crippen LogP contribution in [0.25, 0.3) is 0 Å². The fourth-order valence-electron chi connectivity index (χ4n) is 2.66. The summed E-state index contributed by atoms with van der Waals surface area (Å²) in [5, 5.41) is 0. The van der Waals surface area contributed by atoms with Crippen molar-refractivity contribution >= 4 is 12.0 Å². The molecule has 1 saturated carbocycles. The lowest BCUT2D eigenvalue weighted by molar-refractivity contribution is -0.137. The Morgan fingerprint density at radius 3 is 2.20 bits per heavy atom. The van der Waals surface area contributed by atoms with E-state index in [1.165, 1.54) is 0 Å². The number of rotatable bonds is 1. The van der Waals surface area contributed by atoms with Gasteiger partial charge in [-0.3, -0.25) is 4.79 Å². The number of piperazine rings is 1. The van der Waals surface area contributed by atoms with Gasteiger partial charge in [-0.05, 0) is 40.0 Å². The van der Waals surface area contributed by atoms with E-state index < -0.39 is 5.60 Å². The molecule has 20 heavy (non-hydrogen) atoms. The van der Waals surface area contributed by atoms with E-state index in [0.29, 0.717) is 25.6 Å². The van der Waals surface area contributed by atoms with Gasteiger partial charge in [0.05, 0.1) is 0 Å². The highest BCUT2D eigenvalue weighted by Crippen LogP contribution is 2.39. The number of hydrogen-bond donors (Lipinski definition) is 0. The van der Waals surface area contributed by atoms with Crippen LogP contribution in [0.3, 0.4) is 0 Å². The molecule has 0 bridgehead atoms. The van der Waals surface area contributed by atoms with Gasteiger partial charge in [-0.25, -0.2) is 4.79 Å². The van der Waals surface area contributed by atoms with Crippen molar-refractivity contribution < 1.29 is 14.3 Å². The molecule has 0 N–H and O–H groups in total. The predicted octanol–water partition coefficient (Wildman–Crippen LogP) is 2.11. The van der Waals surface area contributed by atoms with Gasteiger partial charge in [-0.1, -0.05) is 6.92 Å². The monoisotopic (exact) mass is 282 g/mol. The van der Waals surface area contributed by atoms with Crippen LogP contribution in [0, 0.1) is 11.8 Å². The zero-order valence-electron chi connectivity index (χ0n) is 13.2. The van der Waals surface area contributed by atoms with Crippen molar-refractivity contribution in [3.63, 3.8) is 0 Å². The van der Waals surface area contributed by atoms with E-state index in [2.05, 4.69) is 6.92 Å². The second-order valence-corrected chi connectivity index (χ2v) is 7.13. The first-order chi connectivity index (χ1) is 9.19. The van der Waals surface area contributed by atoms with Crippen LogP contribution in [-0.2, 0) is 9.53 Å². The van der Waals surface area contributed by atoms with E-state index >= 15 is 0 Å². The molecular formula is C15H26N2O3. The second-order valence-electron chi connectivity index (χ2n) is 7.13. The average molecular weight is 282 g/mol. The molecule has 0 radical (unpaired) electrons. The number of nitrogens with zero attached hydrogens (tertiary/aromatic N) is 2. The van der Waals surface area contributed by atoms with Crippen LogP contribution in [0.2, 0.25) is 0 Å². The Labute approximate surface area is 121 Å². The lowest BCUT2D eigenvalue weighted by Crippen LogP contribution is -2.56. The van der Waals surface area contributed by atoms with Crippen LogP contribution < -0.4 is 0 Å². The standard InChI is InChI=1S/C15H26N2O3/c1-10-8-12(10)13(18)17-7-6-16(9-11(17)2)14(19)20-15(3,4)5/h10-12H,6-9H2,1-5H3/t10-,11-,12-/m1/s1. The first-order valence-corrected chi connectivity index (χ1v) is 7.47. The van der Waals surface area contributed by atoms with E-state index in [9.17, 15) is 9.59 Å². The quantitative estimate of drug-likeness (QED) is 0.740. The molecule has 2 aliphatic rings. The van der Waals surface area contributed by atoms with Crippen molar-refractivity contribution in [3.05, 3.63) is 0 Å². The molecule has 0 unspecified atom stereocenters. The molecule has 2 fully saturated rings. The van der Waals surface area contributed by atoms with Gasteiger partial charge in [-0.2, -0.15) is 0 Å². The Morgan fingerprint density at radius 1 is 1.15 bits per heavy atom. The summed E-state index contributed by atoms with van der Waals surface area (Å²) >= 11 is 0. The predicted molar refractivity (Wildman–Crippen MR) is 76.3 cm³/mol. The molecule has 1 aliphatic heterocycles. The first kappa shape index (κ1) is 15.1. The molecule has 0 aromatic carbocycles. The summed E-state index contributed by atoms with van der Waals surface area (Å²) in [4.78, 5) is 27.9. The van der Waals surface area contributed by atoms with Crippen LogP contribution in [0.5, 0.6) is 0 Å². The topological polar surface area (TPSA) is 49.9 Å². The van der Waals surface area contributed by atoms with Crippen molar-refractivity contribution in [2.75, 3.05) is 19.6 Å². The summed E-state index contributed by atoms with van der Waals surface area (Å²) in [5.74, 6) is 0.998. The maximum absolute atomic E-state index is 12.3. The van der Waals surface area contributed by atoms with Gasteiger partial charge in [-0.15, -0.1) is 0 Å². The molecule has 1 aliphatic carbocycles. The number of carbonyl (C=O) groups excluding carboxylic acids is 2. The summed E-state index contributed by atoms with van der Waals surface area (Å²) < 4.78 is 5.38. The zero-order chi connectivity index (χ0) is 15.1. The van der Waals surface area contributed by atoms with Crippen LogP contribution in [0.4, 0.5) is 4.79 Å². The highest BCUT2D eigenvalue weighted by Gasteiger charge is 2.43. The molecule has 5 nitrogen and oxygen atoms in total. The summed E-state index contributed by atoms with van der Waals surface area (Å²) in [6.07, 6.45) is 0.730. The van der Waals surface area contributed by atoms with Crippen LogP contribution in [0.15, 0.2) is 0 Å². The van der Waals surface area contributed by atoms with Gasteiger partial charge in [0.2, 0.25) is 5.91 Å². The second kappa shape index (κ2) is 5.26. The van der Waals surface area contributed by atoms with E-state index in [-0.39, 0.29) is 24.0 Å². The molecule has 114 valence electrons. The third kappa shape index (κ3) is 3.44. The molecule has 1 saturated heterocycles. The molecule has 0 spiro atoms. The van der Waals surface area contributed by atoms with Gasteiger partial charge in [0.15, 0.2) is 0 Å². The number of carbonyl (C=O) groups is 2. The lowest BCUT2D eigenvalue weighted by Gasteiger charge is -2.40. The van der Waals surface area contributed by atoms with Crippen molar-refractivity contribution in [2.24, 2.45) is 11.8 Å². The normalized spacial score (nSPS) is 30.1. The third-order valence-electron chi connectivity index (χ3n) is 3.99. The first-order valence-electron chi connectivity index (χ1n) is 7.47. The van der Waals surface area contributed by atoms with Crippen LogP contribution >= 0.6 is 0 Å². The molecule has 0 aromatic heterocycles. The fourth-order valence-corrected chi connectivity index (χ4v) is 2.66. The minimum absolute atomic E-state index is 0.0663. The van der Waals surface area contributed by atoms with E-state index in [0.717, 1.165) is 6.42 Å². The molecule has 3 atom stereocenters. The SMILES string of the molecule is C[C@@H]1C[C@H]1C(=O)N1CCN(C(=O)OC(C)(C)C)C[C@H]1C. The Balaban J connectivity index is 1.89. The highest BCUT2D eigenvalue weighted by atomic mass is 16.6. The summed E-state index contributed by atoms with van der Waals surface area (Å²) in [7, 11) is 0. The summed E-state index contributed by atoms with van der Waals surface area (Å²) in [6.45, 7) is 11.4. The Hall–Kier alpha value is -1.26. The molecule has 2 amide bonds. The average Bonchev–Trinajstić information content (AvgIpc) is 3.03. The zero-order valence-corrected chi connectivity index (χ0v) is 13.2. The smallest absolute Gasteiger partial charge is 0.410 e. The Bertz CT molecular complexity index is 402. The number of hydrogen-bond acceptors (Lipinski definition) is 3. The van der Waals surface area contributed by atoms with Gasteiger partial charge in [0.1, 0.15) is 5.60 Å². The summed E-state index contributed by atoms with van der Waals surface area (Å²) in [6, 6.07) is 0.0663. The van der Waals surface area contributed by atoms with E-state index in [1.807, 2.05) is 32.6 Å². The molecular weight excluding hydrogens is 256 g/mol. The maximum atomic E-state index is 12.3. The van der Waals surface area contributed by atoms with Crippen LogP contribution in [-0.4, -0.2) is 53.1 Å². The largest absolute Gasteiger partial charge is 0.444 e.